The van der Waals surface area contributed by atoms with Gasteiger partial charge in [-0.15, -0.1) is 0 Å². The van der Waals surface area contributed by atoms with Gasteiger partial charge in [0, 0.05) is 28.9 Å². The molecule has 3 unspecified atom stereocenters. The molecule has 2 aliphatic heterocycles. The fourth-order valence-electron chi connectivity index (χ4n) is 3.53. The van der Waals surface area contributed by atoms with Crippen LogP contribution < -0.4 is 5.32 Å². The van der Waals surface area contributed by atoms with Crippen molar-refractivity contribution >= 4 is 39.2 Å². The molecule has 118 valence electrons. The number of Topliss-reactive ketones (excluding diaryl/α,β-unsaturated/α-hetero) is 1. The number of ketones is 1. The summed E-state index contributed by atoms with van der Waals surface area (Å²) in [4.78, 5) is 25.5. The number of hydrogen-bond donors (Lipinski definition) is 1. The Hall–Kier alpha value is -0.910. The molecule has 2 heterocycles. The van der Waals surface area contributed by atoms with Crippen molar-refractivity contribution in [3.8, 4) is 0 Å². The average molecular weight is 387 g/mol. The standard InChI is InChI=1S/C16H17BrClNO3/c1-8-5-10(17)6-11(18)12(8)13-14(20)16(19-15(13)21)3-4-22-9(2)7-16/h5-6,9,13H,3-4,7H2,1-2H3,(H,19,21). The number of aryl methyl sites for hydroxylation is 1. The topological polar surface area (TPSA) is 55.4 Å². The summed E-state index contributed by atoms with van der Waals surface area (Å²) in [6.45, 7) is 4.27. The number of benzene rings is 1. The maximum absolute atomic E-state index is 13.0. The Labute approximate surface area is 142 Å². The van der Waals surface area contributed by atoms with Crippen LogP contribution in [-0.4, -0.2) is 29.9 Å². The van der Waals surface area contributed by atoms with Gasteiger partial charge in [-0.25, -0.2) is 0 Å². The fraction of sp³-hybridized carbons (Fsp3) is 0.500. The predicted octanol–water partition coefficient (Wildman–Crippen LogP) is 3.13. The molecule has 2 saturated heterocycles. The van der Waals surface area contributed by atoms with Gasteiger partial charge >= 0.3 is 0 Å². The molecule has 0 saturated carbocycles. The molecule has 1 aromatic rings. The van der Waals surface area contributed by atoms with E-state index < -0.39 is 11.5 Å². The lowest BCUT2D eigenvalue weighted by Gasteiger charge is -2.35. The first-order valence-corrected chi connectivity index (χ1v) is 8.44. The summed E-state index contributed by atoms with van der Waals surface area (Å²) in [7, 11) is 0. The molecular weight excluding hydrogens is 370 g/mol. The lowest BCUT2D eigenvalue weighted by molar-refractivity contribution is -0.129. The zero-order valence-electron chi connectivity index (χ0n) is 12.4. The van der Waals surface area contributed by atoms with Gasteiger partial charge in [-0.2, -0.15) is 0 Å². The van der Waals surface area contributed by atoms with Crippen molar-refractivity contribution in [3.63, 3.8) is 0 Å². The number of halogens is 2. The van der Waals surface area contributed by atoms with Gasteiger partial charge < -0.3 is 10.1 Å². The van der Waals surface area contributed by atoms with Crippen molar-refractivity contribution in [2.45, 2.75) is 44.2 Å². The largest absolute Gasteiger partial charge is 0.378 e. The van der Waals surface area contributed by atoms with Crippen molar-refractivity contribution in [1.29, 1.82) is 0 Å². The van der Waals surface area contributed by atoms with Gasteiger partial charge in [0.1, 0.15) is 11.5 Å². The van der Waals surface area contributed by atoms with E-state index in [0.717, 1.165) is 10.0 Å². The van der Waals surface area contributed by atoms with E-state index in [-0.39, 0.29) is 17.8 Å². The summed E-state index contributed by atoms with van der Waals surface area (Å²) in [5.41, 5.74) is 0.649. The molecule has 0 bridgehead atoms. The second kappa shape index (κ2) is 5.62. The quantitative estimate of drug-likeness (QED) is 0.755. The third-order valence-corrected chi connectivity index (χ3v) is 5.29. The smallest absolute Gasteiger partial charge is 0.236 e. The van der Waals surface area contributed by atoms with Crippen LogP contribution in [-0.2, 0) is 14.3 Å². The number of amides is 1. The van der Waals surface area contributed by atoms with E-state index in [0.29, 0.717) is 30.0 Å². The minimum absolute atomic E-state index is 0.0433. The Balaban J connectivity index is 2.03. The molecule has 1 aromatic carbocycles. The summed E-state index contributed by atoms with van der Waals surface area (Å²) >= 11 is 9.69. The number of nitrogens with one attached hydrogen (secondary N) is 1. The maximum Gasteiger partial charge on any atom is 0.236 e. The SMILES string of the molecule is Cc1cc(Br)cc(Cl)c1C1C(=O)NC2(CCOC(C)C2)C1=O. The zero-order chi connectivity index (χ0) is 16.1. The maximum atomic E-state index is 13.0. The molecule has 3 atom stereocenters. The highest BCUT2D eigenvalue weighted by molar-refractivity contribution is 9.10. The third kappa shape index (κ3) is 2.49. The van der Waals surface area contributed by atoms with Crippen molar-refractivity contribution in [3.05, 3.63) is 32.8 Å². The highest BCUT2D eigenvalue weighted by Gasteiger charge is 2.55. The summed E-state index contributed by atoms with van der Waals surface area (Å²) in [5.74, 6) is -1.17. The van der Waals surface area contributed by atoms with E-state index >= 15 is 0 Å². The molecule has 0 aliphatic carbocycles. The van der Waals surface area contributed by atoms with Crippen LogP contribution in [0.15, 0.2) is 16.6 Å². The third-order valence-electron chi connectivity index (χ3n) is 4.52. The Bertz CT molecular complexity index is 640. The number of carbonyl (C=O) groups excluding carboxylic acids is 2. The van der Waals surface area contributed by atoms with Gasteiger partial charge in [-0.05, 0) is 37.1 Å². The second-order valence-corrected chi connectivity index (χ2v) is 7.45. The number of hydrogen-bond acceptors (Lipinski definition) is 3. The van der Waals surface area contributed by atoms with Crippen molar-refractivity contribution in [1.82, 2.24) is 5.32 Å². The molecule has 6 heteroatoms. The molecule has 2 fully saturated rings. The van der Waals surface area contributed by atoms with Crippen LogP contribution in [0.3, 0.4) is 0 Å². The molecule has 2 aliphatic rings. The van der Waals surface area contributed by atoms with Crippen molar-refractivity contribution in [2.75, 3.05) is 6.61 Å². The van der Waals surface area contributed by atoms with Crippen LogP contribution >= 0.6 is 27.5 Å². The van der Waals surface area contributed by atoms with Crippen molar-refractivity contribution < 1.29 is 14.3 Å². The molecule has 4 nitrogen and oxygen atoms in total. The average Bonchev–Trinajstić information content (AvgIpc) is 2.62. The number of carbonyl (C=O) groups is 2. The normalized spacial score (nSPS) is 31.6. The van der Waals surface area contributed by atoms with E-state index in [1.54, 1.807) is 6.07 Å². The molecule has 0 aromatic heterocycles. The van der Waals surface area contributed by atoms with Gasteiger partial charge in [0.2, 0.25) is 5.91 Å². The van der Waals surface area contributed by atoms with Crippen molar-refractivity contribution in [2.24, 2.45) is 0 Å². The molecule has 22 heavy (non-hydrogen) atoms. The van der Waals surface area contributed by atoms with Gasteiger partial charge in [-0.3, -0.25) is 9.59 Å². The highest BCUT2D eigenvalue weighted by atomic mass is 79.9. The summed E-state index contributed by atoms with van der Waals surface area (Å²) in [6, 6.07) is 3.60. The highest BCUT2D eigenvalue weighted by Crippen LogP contribution is 2.41. The Kier molecular flexibility index (Phi) is 4.08. The van der Waals surface area contributed by atoms with Gasteiger partial charge in [0.15, 0.2) is 5.78 Å². The van der Waals surface area contributed by atoms with E-state index in [4.69, 9.17) is 16.3 Å². The number of rotatable bonds is 1. The van der Waals surface area contributed by atoms with Gasteiger partial charge in [-0.1, -0.05) is 27.5 Å². The fourth-order valence-corrected chi connectivity index (χ4v) is 4.61. The van der Waals surface area contributed by atoms with Crippen LogP contribution in [0.1, 0.15) is 36.8 Å². The summed E-state index contributed by atoms with van der Waals surface area (Å²) < 4.78 is 6.35. The van der Waals surface area contributed by atoms with Crippen LogP contribution in [0.2, 0.25) is 5.02 Å². The Morgan fingerprint density at radius 3 is 2.77 bits per heavy atom. The Morgan fingerprint density at radius 2 is 2.14 bits per heavy atom. The molecular formula is C16H17BrClNO3. The molecule has 1 amide bonds. The molecule has 0 radical (unpaired) electrons. The van der Waals surface area contributed by atoms with E-state index in [1.165, 1.54) is 0 Å². The first-order chi connectivity index (χ1) is 10.3. The minimum Gasteiger partial charge on any atom is -0.378 e. The lowest BCUT2D eigenvalue weighted by atomic mass is 9.79. The Morgan fingerprint density at radius 1 is 1.41 bits per heavy atom. The molecule has 1 spiro atoms. The zero-order valence-corrected chi connectivity index (χ0v) is 14.8. The van der Waals surface area contributed by atoms with E-state index in [1.807, 2.05) is 19.9 Å². The molecule has 1 N–H and O–H groups in total. The first kappa shape index (κ1) is 16.0. The van der Waals surface area contributed by atoms with E-state index in [9.17, 15) is 9.59 Å². The molecule has 3 rings (SSSR count). The van der Waals surface area contributed by atoms with Crippen LogP contribution in [0, 0.1) is 6.92 Å². The van der Waals surface area contributed by atoms with E-state index in [2.05, 4.69) is 21.2 Å². The minimum atomic E-state index is -0.828. The summed E-state index contributed by atoms with van der Waals surface area (Å²) in [6.07, 6.45) is 0.991. The van der Waals surface area contributed by atoms with Crippen LogP contribution in [0.5, 0.6) is 0 Å². The van der Waals surface area contributed by atoms with Crippen LogP contribution in [0.25, 0.3) is 0 Å². The second-order valence-electron chi connectivity index (χ2n) is 6.12. The monoisotopic (exact) mass is 385 g/mol. The van der Waals surface area contributed by atoms with Crippen LogP contribution in [0.4, 0.5) is 0 Å². The van der Waals surface area contributed by atoms with Gasteiger partial charge in [0.05, 0.1) is 6.10 Å². The van der Waals surface area contributed by atoms with Gasteiger partial charge in [0.25, 0.3) is 0 Å². The first-order valence-electron chi connectivity index (χ1n) is 7.27. The number of ether oxygens (including phenoxy) is 1. The lowest BCUT2D eigenvalue weighted by Crippen LogP contribution is -2.52. The predicted molar refractivity (Wildman–Crippen MR) is 87.2 cm³/mol. The summed E-state index contributed by atoms with van der Waals surface area (Å²) in [5, 5.41) is 3.37.